The zero-order chi connectivity index (χ0) is 23.6. The maximum atomic E-state index is 14.2. The topological polar surface area (TPSA) is 72.9 Å². The van der Waals surface area contributed by atoms with Crippen LogP contribution in [-0.2, 0) is 14.9 Å². The molecule has 10 heteroatoms. The molecule has 0 aromatic heterocycles. The molecular formula is C23H16FNO5S3. The van der Waals surface area contributed by atoms with Gasteiger partial charge in [-0.2, -0.15) is 8.42 Å². The van der Waals surface area contributed by atoms with E-state index in [1.807, 2.05) is 0 Å². The number of ether oxygens (including phenoxy) is 1. The van der Waals surface area contributed by atoms with E-state index in [2.05, 4.69) is 0 Å². The summed E-state index contributed by atoms with van der Waals surface area (Å²) < 4.78 is 50.0. The van der Waals surface area contributed by atoms with E-state index in [0.29, 0.717) is 5.56 Å². The van der Waals surface area contributed by atoms with Gasteiger partial charge in [0.1, 0.15) is 10.7 Å². The van der Waals surface area contributed by atoms with Crippen molar-refractivity contribution in [2.24, 2.45) is 0 Å². The molecule has 1 aliphatic heterocycles. The highest BCUT2D eigenvalue weighted by Gasteiger charge is 2.34. The van der Waals surface area contributed by atoms with Crippen molar-refractivity contribution in [3.63, 3.8) is 0 Å². The number of benzene rings is 3. The molecule has 1 heterocycles. The van der Waals surface area contributed by atoms with Crippen LogP contribution < -0.4 is 13.8 Å². The van der Waals surface area contributed by atoms with Crippen molar-refractivity contribution in [3.05, 3.63) is 89.1 Å². The minimum Gasteiger partial charge on any atom is -0.493 e. The molecule has 0 N–H and O–H groups in total. The number of thioether (sulfide) groups is 1. The normalized spacial score (nSPS) is 15.2. The molecule has 33 heavy (non-hydrogen) atoms. The van der Waals surface area contributed by atoms with Crippen molar-refractivity contribution < 1.29 is 26.5 Å². The lowest BCUT2D eigenvalue weighted by Gasteiger charge is -2.14. The van der Waals surface area contributed by atoms with E-state index in [4.69, 9.17) is 21.1 Å². The fourth-order valence-electron chi connectivity index (χ4n) is 3.06. The monoisotopic (exact) mass is 501 g/mol. The van der Waals surface area contributed by atoms with Gasteiger partial charge in [-0.25, -0.2) is 4.39 Å². The van der Waals surface area contributed by atoms with Crippen LogP contribution in [0.1, 0.15) is 5.56 Å². The van der Waals surface area contributed by atoms with Crippen molar-refractivity contribution in [1.82, 2.24) is 0 Å². The Hall–Kier alpha value is -3.21. The molecule has 168 valence electrons. The van der Waals surface area contributed by atoms with Crippen molar-refractivity contribution in [1.29, 1.82) is 0 Å². The lowest BCUT2D eigenvalue weighted by molar-refractivity contribution is -0.113. The van der Waals surface area contributed by atoms with Gasteiger partial charge >= 0.3 is 10.1 Å². The quantitative estimate of drug-likeness (QED) is 0.267. The second-order valence-corrected chi connectivity index (χ2v) is 9.95. The van der Waals surface area contributed by atoms with Gasteiger partial charge in [-0.05, 0) is 48.0 Å². The Morgan fingerprint density at radius 1 is 1.00 bits per heavy atom. The predicted octanol–water partition coefficient (Wildman–Crippen LogP) is 5.01. The van der Waals surface area contributed by atoms with Crippen LogP contribution in [0, 0.1) is 5.82 Å². The lowest BCUT2D eigenvalue weighted by Crippen LogP contribution is -2.28. The molecule has 3 aromatic carbocycles. The van der Waals surface area contributed by atoms with Crippen LogP contribution in [0.5, 0.6) is 11.5 Å². The Morgan fingerprint density at radius 2 is 1.70 bits per heavy atom. The number of amides is 1. The van der Waals surface area contributed by atoms with Crippen LogP contribution in [0.15, 0.2) is 82.6 Å². The molecule has 3 aromatic rings. The van der Waals surface area contributed by atoms with E-state index < -0.39 is 21.8 Å². The van der Waals surface area contributed by atoms with E-state index >= 15 is 0 Å². The smallest absolute Gasteiger partial charge is 0.339 e. The molecule has 0 bridgehead atoms. The Kier molecular flexibility index (Phi) is 6.50. The summed E-state index contributed by atoms with van der Waals surface area (Å²) in [5.74, 6) is -0.857. The number of hydrogen-bond donors (Lipinski definition) is 0. The number of halogens is 1. The minimum absolute atomic E-state index is 0.00240. The molecule has 1 saturated heterocycles. The first-order valence-corrected chi connectivity index (χ1v) is 12.1. The summed E-state index contributed by atoms with van der Waals surface area (Å²) in [4.78, 5) is 14.3. The first-order valence-electron chi connectivity index (χ1n) is 9.50. The molecule has 0 spiro atoms. The summed E-state index contributed by atoms with van der Waals surface area (Å²) in [5.41, 5.74) is 0.626. The molecule has 0 aliphatic carbocycles. The third-order valence-corrected chi connectivity index (χ3v) is 7.15. The van der Waals surface area contributed by atoms with Gasteiger partial charge < -0.3 is 8.92 Å². The first-order chi connectivity index (χ1) is 15.8. The highest BCUT2D eigenvalue weighted by Crippen LogP contribution is 2.38. The summed E-state index contributed by atoms with van der Waals surface area (Å²) in [6.07, 6.45) is 1.57. The van der Waals surface area contributed by atoms with E-state index in [9.17, 15) is 17.6 Å². The van der Waals surface area contributed by atoms with Gasteiger partial charge in [0.15, 0.2) is 15.8 Å². The number of nitrogens with zero attached hydrogens (tertiary/aromatic N) is 1. The van der Waals surface area contributed by atoms with Crippen molar-refractivity contribution in [3.8, 4) is 11.5 Å². The standard InChI is InChI=1S/C23H16FNO5S3/c1-29-20-13-15(11-12-19(20)30-33(27,28)16-7-3-2-4-8-16)14-21-22(26)25(23(31)32-21)18-10-6-5-9-17(18)24/h2-14H,1H3/b21-14+. The van der Waals surface area contributed by atoms with Crippen LogP contribution in [0.25, 0.3) is 6.08 Å². The maximum Gasteiger partial charge on any atom is 0.339 e. The van der Waals surface area contributed by atoms with Gasteiger partial charge in [0.25, 0.3) is 5.91 Å². The summed E-state index contributed by atoms with van der Waals surface area (Å²) in [5, 5.41) is 0. The number of anilines is 1. The number of carbonyl (C=O) groups is 1. The second-order valence-electron chi connectivity index (χ2n) is 6.73. The van der Waals surface area contributed by atoms with E-state index in [1.165, 1.54) is 49.6 Å². The molecule has 1 amide bonds. The molecule has 1 aliphatic rings. The fourth-order valence-corrected chi connectivity index (χ4v) is 5.30. The number of thiocarbonyl (C=S) groups is 1. The van der Waals surface area contributed by atoms with Crippen LogP contribution in [0.4, 0.5) is 10.1 Å². The van der Waals surface area contributed by atoms with Crippen LogP contribution >= 0.6 is 24.0 Å². The Balaban J connectivity index is 1.61. The van der Waals surface area contributed by atoms with Gasteiger partial charge in [-0.3, -0.25) is 9.69 Å². The third-order valence-electron chi connectivity index (χ3n) is 4.60. The molecule has 0 radical (unpaired) electrons. The largest absolute Gasteiger partial charge is 0.493 e. The zero-order valence-electron chi connectivity index (χ0n) is 17.1. The summed E-state index contributed by atoms with van der Waals surface area (Å²) >= 11 is 6.32. The maximum absolute atomic E-state index is 14.2. The minimum atomic E-state index is -4.05. The highest BCUT2D eigenvalue weighted by molar-refractivity contribution is 8.27. The molecule has 4 rings (SSSR count). The first kappa shape index (κ1) is 23.0. The predicted molar refractivity (Wildman–Crippen MR) is 129 cm³/mol. The fraction of sp³-hybridized carbons (Fsp3) is 0.0435. The van der Waals surface area contributed by atoms with Crippen LogP contribution in [-0.4, -0.2) is 25.8 Å². The van der Waals surface area contributed by atoms with Gasteiger partial charge in [0, 0.05) is 0 Å². The molecule has 0 unspecified atom stereocenters. The molecular weight excluding hydrogens is 485 g/mol. The van der Waals surface area contributed by atoms with Gasteiger partial charge in [-0.1, -0.05) is 60.4 Å². The van der Waals surface area contributed by atoms with E-state index in [0.717, 1.165) is 16.7 Å². The van der Waals surface area contributed by atoms with Crippen LogP contribution in [0.2, 0.25) is 0 Å². The van der Waals surface area contributed by atoms with Crippen molar-refractivity contribution in [2.75, 3.05) is 12.0 Å². The molecule has 6 nitrogen and oxygen atoms in total. The Labute approximate surface area is 199 Å². The van der Waals surface area contributed by atoms with E-state index in [-0.39, 0.29) is 31.3 Å². The lowest BCUT2D eigenvalue weighted by atomic mass is 10.2. The zero-order valence-corrected chi connectivity index (χ0v) is 19.5. The number of methoxy groups -OCH3 is 1. The SMILES string of the molecule is COc1cc(/C=C2/SC(=S)N(c3ccccc3F)C2=O)ccc1OS(=O)(=O)c1ccccc1. The van der Waals surface area contributed by atoms with Crippen molar-refractivity contribution >= 4 is 56.1 Å². The van der Waals surface area contributed by atoms with Gasteiger partial charge in [0.05, 0.1) is 17.7 Å². The van der Waals surface area contributed by atoms with Gasteiger partial charge in [-0.15, -0.1) is 0 Å². The number of para-hydroxylation sites is 1. The number of hydrogen-bond acceptors (Lipinski definition) is 7. The summed E-state index contributed by atoms with van der Waals surface area (Å²) in [6.45, 7) is 0. The third kappa shape index (κ3) is 4.77. The van der Waals surface area contributed by atoms with Crippen LogP contribution in [0.3, 0.4) is 0 Å². The average Bonchev–Trinajstić information content (AvgIpc) is 3.08. The second kappa shape index (κ2) is 9.34. The van der Waals surface area contributed by atoms with E-state index in [1.54, 1.807) is 36.4 Å². The summed E-state index contributed by atoms with van der Waals surface area (Å²) in [6, 6.07) is 18.2. The Bertz CT molecular complexity index is 1370. The Morgan fingerprint density at radius 3 is 2.39 bits per heavy atom. The molecule has 1 fully saturated rings. The summed E-state index contributed by atoms with van der Waals surface area (Å²) in [7, 11) is -2.68. The number of carbonyl (C=O) groups excluding carboxylic acids is 1. The van der Waals surface area contributed by atoms with Crippen molar-refractivity contribution in [2.45, 2.75) is 4.90 Å². The highest BCUT2D eigenvalue weighted by atomic mass is 32.2. The molecule has 0 atom stereocenters. The molecule has 0 saturated carbocycles. The number of rotatable bonds is 6. The van der Waals surface area contributed by atoms with Gasteiger partial charge in [0.2, 0.25) is 0 Å². The average molecular weight is 502 g/mol.